The van der Waals surface area contributed by atoms with Crippen LogP contribution in [0.3, 0.4) is 0 Å². The van der Waals surface area contributed by atoms with Crippen LogP contribution in [0.25, 0.3) is 0 Å². The molecule has 14 nitrogen and oxygen atoms in total. The summed E-state index contributed by atoms with van der Waals surface area (Å²) in [4.78, 5) is 60.9. The predicted molar refractivity (Wildman–Crippen MR) is 82.3 cm³/mol. The van der Waals surface area contributed by atoms with Crippen LogP contribution < -0.4 is 29.4 Å². The zero-order valence-electron chi connectivity index (χ0n) is 13.4. The van der Waals surface area contributed by atoms with Crippen LogP contribution in [0.2, 0.25) is 0 Å². The normalized spacial score (nSPS) is 17.2. The Morgan fingerprint density at radius 3 is 0.963 bits per heavy atom. The van der Waals surface area contributed by atoms with Crippen LogP contribution in [-0.4, -0.2) is 168 Å². The van der Waals surface area contributed by atoms with E-state index in [9.17, 15) is 47.6 Å². The van der Waals surface area contributed by atoms with E-state index >= 15 is 0 Å². The van der Waals surface area contributed by atoms with Crippen molar-refractivity contribution in [1.82, 2.24) is 0 Å². The molecule has 0 aliphatic carbocycles. The van der Waals surface area contributed by atoms with E-state index in [-0.39, 0.29) is 147 Å². The molecule has 4 unspecified atom stereocenters. The summed E-state index contributed by atoms with van der Waals surface area (Å²) in [6.07, 6.45) is 0.791. The molecule has 0 aromatic heterocycles. The van der Waals surface area contributed by atoms with Gasteiger partial charge in [-0.1, -0.05) is 13.2 Å². The average molecular weight is 842 g/mol. The van der Waals surface area contributed by atoms with Crippen molar-refractivity contribution in [3.05, 3.63) is 25.7 Å². The Morgan fingerprint density at radius 1 is 0.667 bits per heavy atom. The molecule has 0 saturated carbocycles. The van der Waals surface area contributed by atoms with E-state index in [1.54, 1.807) is 0 Å². The molecule has 2 N–H and O–H groups in total. The molecule has 0 aromatic carbocycles. The fourth-order valence-electron chi connectivity index (χ4n) is 0.663. The SMILES string of the molecule is C=COP(=O)([O-])C(O)P(=O)([O-])[O-].C=COP(=O)([O-])C(O)P(=O)([O-])[O-].[Ba+2].[Ba+2].[Ba+2]. The van der Waals surface area contributed by atoms with E-state index < -0.39 is 41.6 Å². The molecule has 0 aliphatic heterocycles. The van der Waals surface area contributed by atoms with Crippen molar-refractivity contribution in [2.24, 2.45) is 0 Å². The molecule has 144 valence electrons. The Kier molecular flexibility index (Phi) is 27.5. The molecule has 27 heavy (non-hydrogen) atoms. The van der Waals surface area contributed by atoms with Gasteiger partial charge in [-0.05, 0) is 15.2 Å². The van der Waals surface area contributed by atoms with E-state index in [0.29, 0.717) is 12.5 Å². The predicted octanol–water partition coefficient (Wildman–Crippen LogP) is -5.36. The first-order chi connectivity index (χ1) is 10.4. The molecule has 0 heterocycles. The maximum atomic E-state index is 10.5. The summed E-state index contributed by atoms with van der Waals surface area (Å²) < 4.78 is 48.3. The first kappa shape index (κ1) is 41.6. The minimum atomic E-state index is -5.60. The van der Waals surface area contributed by atoms with Crippen LogP contribution in [0.15, 0.2) is 25.7 Å². The second-order valence-electron chi connectivity index (χ2n) is 3.40. The van der Waals surface area contributed by atoms with Crippen molar-refractivity contribution in [3.63, 3.8) is 0 Å². The summed E-state index contributed by atoms with van der Waals surface area (Å²) in [5.41, 5.74) is -6.13. The molecule has 0 amide bonds. The maximum absolute atomic E-state index is 10.5. The van der Waals surface area contributed by atoms with Crippen molar-refractivity contribution in [3.8, 4) is 0 Å². The van der Waals surface area contributed by atoms with Gasteiger partial charge in [-0.25, -0.2) is 0 Å². The third kappa shape index (κ3) is 18.5. The molecule has 4 atom stereocenters. The summed E-state index contributed by atoms with van der Waals surface area (Å²) in [7, 11) is -21.4. The molecule has 0 bridgehead atoms. The molecule has 0 rings (SSSR count). The second kappa shape index (κ2) is 17.8. The van der Waals surface area contributed by atoms with Crippen LogP contribution >= 0.6 is 30.4 Å². The van der Waals surface area contributed by atoms with E-state index in [1.807, 2.05) is 0 Å². The molecule has 0 saturated heterocycles. The van der Waals surface area contributed by atoms with Crippen LogP contribution in [0.5, 0.6) is 0 Å². The van der Waals surface area contributed by atoms with Gasteiger partial charge in [0.2, 0.25) is 15.2 Å². The van der Waals surface area contributed by atoms with Crippen LogP contribution in [0, 0.1) is 0 Å². The Bertz CT molecular complexity index is 574. The van der Waals surface area contributed by atoms with Crippen molar-refractivity contribution >= 4 is 177 Å². The Hall–Kier alpha value is 4.39. The van der Waals surface area contributed by atoms with Crippen LogP contribution in [0.4, 0.5) is 0 Å². The van der Waals surface area contributed by atoms with E-state index in [2.05, 4.69) is 22.2 Å². The Labute approximate surface area is 274 Å². The van der Waals surface area contributed by atoms with Gasteiger partial charge >= 0.3 is 147 Å². The van der Waals surface area contributed by atoms with Gasteiger partial charge in [0.05, 0.1) is 12.5 Å². The standard InChI is InChI=1S/2C3H8O7P2.3Ba/c2*1-2-10-12(8,9)3(4)11(5,6)7;;;/h2*2-4H,1H2,(H,8,9)(H2,5,6,7);;;/q;;3*+2/p-6. The van der Waals surface area contributed by atoms with Gasteiger partial charge < -0.3 is 57.8 Å². The second-order valence-corrected chi connectivity index (χ2v) is 10.9. The number of rotatable bonds is 8. The van der Waals surface area contributed by atoms with E-state index in [0.717, 1.165) is 0 Å². The maximum Gasteiger partial charge on any atom is 2.00 e. The summed E-state index contributed by atoms with van der Waals surface area (Å²) in [5.74, 6) is 0. The summed E-state index contributed by atoms with van der Waals surface area (Å²) in [5, 5.41) is 16.8. The number of hydrogen-bond donors (Lipinski definition) is 2. The van der Waals surface area contributed by atoms with Gasteiger partial charge in [-0.15, -0.1) is 0 Å². The third-order valence-corrected chi connectivity index (χ3v) is 8.12. The monoisotopic (exact) mass is 844 g/mol. The number of aliphatic hydroxyl groups is 2. The molecule has 0 radical (unpaired) electrons. The number of aliphatic hydroxyl groups excluding tert-OH is 2. The first-order valence-electron chi connectivity index (χ1n) is 5.03. The fraction of sp³-hybridized carbons (Fsp3) is 0.333. The quantitative estimate of drug-likeness (QED) is 0.131. The van der Waals surface area contributed by atoms with E-state index in [1.165, 1.54) is 0 Å². The van der Waals surface area contributed by atoms with Crippen molar-refractivity contribution in [1.29, 1.82) is 0 Å². The van der Waals surface area contributed by atoms with Gasteiger partial charge in [-0.2, -0.15) is 0 Å². The van der Waals surface area contributed by atoms with Gasteiger partial charge in [0.15, 0.2) is 11.2 Å². The topological polar surface area (TPSA) is 266 Å². The zero-order valence-corrected chi connectivity index (χ0v) is 30.3. The average Bonchev–Trinajstić information content (AvgIpc) is 2.35. The van der Waals surface area contributed by atoms with Crippen molar-refractivity contribution in [2.45, 2.75) is 11.2 Å². The largest absolute Gasteiger partial charge is 2.00 e. The number of hydrogen-bond acceptors (Lipinski definition) is 14. The van der Waals surface area contributed by atoms with Gasteiger partial charge in [0, 0.05) is 0 Å². The summed E-state index contributed by atoms with van der Waals surface area (Å²) in [6, 6.07) is 0. The summed E-state index contributed by atoms with van der Waals surface area (Å²) >= 11 is 0. The third-order valence-electron chi connectivity index (χ3n) is 1.57. The zero-order chi connectivity index (χ0) is 20.0. The molecule has 0 aromatic rings. The van der Waals surface area contributed by atoms with E-state index in [4.69, 9.17) is 10.2 Å². The first-order valence-corrected chi connectivity index (χ1v) is 11.5. The molecule has 0 fully saturated rings. The summed E-state index contributed by atoms with van der Waals surface area (Å²) in [6.45, 7) is 5.62. The van der Waals surface area contributed by atoms with Crippen LogP contribution in [-0.2, 0) is 27.3 Å². The van der Waals surface area contributed by atoms with Crippen LogP contribution in [0.1, 0.15) is 0 Å². The Balaban J connectivity index is -0.000000108. The smallest absolute Gasteiger partial charge is 0.809 e. The fourth-order valence-corrected chi connectivity index (χ4v) is 4.39. The van der Waals surface area contributed by atoms with Crippen molar-refractivity contribution < 1.29 is 66.9 Å². The molecule has 0 spiro atoms. The van der Waals surface area contributed by atoms with Gasteiger partial charge in [0.25, 0.3) is 0 Å². The molecular weight excluding hydrogens is 832 g/mol. The van der Waals surface area contributed by atoms with Crippen molar-refractivity contribution in [2.75, 3.05) is 0 Å². The van der Waals surface area contributed by atoms with Gasteiger partial charge in [-0.3, -0.25) is 9.13 Å². The molecular formula is C6H10Ba3O14P4. The minimum absolute atomic E-state index is 0. The molecule has 0 aliphatic rings. The van der Waals surface area contributed by atoms with Gasteiger partial charge in [0.1, 0.15) is 0 Å². The minimum Gasteiger partial charge on any atom is -0.809 e. The molecule has 21 heteroatoms. The Morgan fingerprint density at radius 2 is 0.852 bits per heavy atom.